The molecule has 2 rings (SSSR count). The number of carboxylic acids is 1. The van der Waals surface area contributed by atoms with Gasteiger partial charge in [-0.05, 0) is 32.0 Å². The molecule has 6 heteroatoms. The average Bonchev–Trinajstić information content (AvgIpc) is 2.85. The first kappa shape index (κ1) is 14.0. The second kappa shape index (κ2) is 5.73. The molecule has 0 saturated heterocycles. The van der Waals surface area contributed by atoms with Crippen LogP contribution in [0, 0.1) is 0 Å². The summed E-state index contributed by atoms with van der Waals surface area (Å²) in [5.74, 6) is -1.07. The van der Waals surface area contributed by atoms with E-state index in [1.54, 1.807) is 36.2 Å². The molecule has 1 amide bonds. The molecule has 2 aromatic rings. The van der Waals surface area contributed by atoms with Gasteiger partial charge in [0.1, 0.15) is 0 Å². The molecule has 6 nitrogen and oxygen atoms in total. The number of nitrogens with one attached hydrogen (secondary N) is 1. The maximum absolute atomic E-state index is 12.5. The van der Waals surface area contributed by atoms with E-state index in [-0.39, 0.29) is 18.4 Å². The van der Waals surface area contributed by atoms with Crippen molar-refractivity contribution in [1.29, 1.82) is 0 Å². The molecule has 1 aromatic heterocycles. The van der Waals surface area contributed by atoms with Crippen LogP contribution < -0.4 is 0 Å². The van der Waals surface area contributed by atoms with Crippen LogP contribution in [0.1, 0.15) is 30.6 Å². The highest BCUT2D eigenvalue weighted by Crippen LogP contribution is 2.16. The average molecular weight is 275 g/mol. The van der Waals surface area contributed by atoms with E-state index >= 15 is 0 Å². The Kier molecular flexibility index (Phi) is 4.02. The van der Waals surface area contributed by atoms with Gasteiger partial charge in [-0.1, -0.05) is 0 Å². The third-order valence-electron chi connectivity index (χ3n) is 3.29. The van der Waals surface area contributed by atoms with Crippen molar-refractivity contribution >= 4 is 22.8 Å². The number of aromatic nitrogens is 2. The Morgan fingerprint density at radius 3 is 2.85 bits per heavy atom. The van der Waals surface area contributed by atoms with Gasteiger partial charge in [0.25, 0.3) is 5.91 Å². The van der Waals surface area contributed by atoms with E-state index in [0.717, 1.165) is 10.9 Å². The molecule has 0 spiro atoms. The largest absolute Gasteiger partial charge is 0.481 e. The van der Waals surface area contributed by atoms with Crippen molar-refractivity contribution < 1.29 is 14.7 Å². The van der Waals surface area contributed by atoms with Crippen molar-refractivity contribution in [3.8, 4) is 0 Å². The third kappa shape index (κ3) is 2.79. The maximum atomic E-state index is 12.5. The first-order valence-electron chi connectivity index (χ1n) is 6.48. The fourth-order valence-corrected chi connectivity index (χ4v) is 2.26. The summed E-state index contributed by atoms with van der Waals surface area (Å²) in [6.07, 6.45) is 1.59. The van der Waals surface area contributed by atoms with E-state index in [9.17, 15) is 9.59 Å². The number of carbonyl (C=O) groups is 2. The molecule has 0 aliphatic heterocycles. The van der Waals surface area contributed by atoms with Crippen LogP contribution in [0.3, 0.4) is 0 Å². The number of fused-ring (bicyclic) bond motifs is 1. The summed E-state index contributed by atoms with van der Waals surface area (Å²) >= 11 is 0. The van der Waals surface area contributed by atoms with E-state index in [4.69, 9.17) is 5.11 Å². The topological polar surface area (TPSA) is 86.3 Å². The van der Waals surface area contributed by atoms with Crippen LogP contribution in [0.4, 0.5) is 0 Å². The molecular formula is C14H17N3O3. The molecule has 2 N–H and O–H groups in total. The molecule has 0 fully saturated rings. The number of hydrogen-bond donors (Lipinski definition) is 2. The van der Waals surface area contributed by atoms with Crippen molar-refractivity contribution in [3.05, 3.63) is 30.0 Å². The minimum Gasteiger partial charge on any atom is -0.481 e. The zero-order valence-corrected chi connectivity index (χ0v) is 11.5. The fraction of sp³-hybridized carbons (Fsp3) is 0.357. The van der Waals surface area contributed by atoms with Crippen molar-refractivity contribution in [3.63, 3.8) is 0 Å². The summed E-state index contributed by atoms with van der Waals surface area (Å²) < 4.78 is 0. The maximum Gasteiger partial charge on any atom is 0.305 e. The normalized spacial score (nSPS) is 12.3. The van der Waals surface area contributed by atoms with Gasteiger partial charge >= 0.3 is 5.97 Å². The Labute approximate surface area is 116 Å². The van der Waals surface area contributed by atoms with E-state index in [0.29, 0.717) is 12.1 Å². The lowest BCUT2D eigenvalue weighted by atomic mass is 10.1. The van der Waals surface area contributed by atoms with Crippen LogP contribution in [-0.4, -0.2) is 44.7 Å². The monoisotopic (exact) mass is 275 g/mol. The van der Waals surface area contributed by atoms with Gasteiger partial charge in [-0.25, -0.2) is 0 Å². The molecule has 1 heterocycles. The van der Waals surface area contributed by atoms with Gasteiger partial charge < -0.3 is 10.0 Å². The lowest BCUT2D eigenvalue weighted by molar-refractivity contribution is -0.138. The zero-order chi connectivity index (χ0) is 14.7. The van der Waals surface area contributed by atoms with Crippen LogP contribution in [0.25, 0.3) is 10.9 Å². The number of rotatable bonds is 5. The second-order valence-corrected chi connectivity index (χ2v) is 4.71. The number of carboxylic acid groups (broad SMARTS) is 1. The smallest absolute Gasteiger partial charge is 0.305 e. The van der Waals surface area contributed by atoms with E-state index in [2.05, 4.69) is 10.2 Å². The zero-order valence-electron chi connectivity index (χ0n) is 11.5. The summed E-state index contributed by atoms with van der Waals surface area (Å²) in [4.78, 5) is 24.8. The fourth-order valence-electron chi connectivity index (χ4n) is 2.26. The van der Waals surface area contributed by atoms with Crippen molar-refractivity contribution in [2.75, 3.05) is 6.54 Å². The van der Waals surface area contributed by atoms with Crippen molar-refractivity contribution in [2.24, 2.45) is 0 Å². The van der Waals surface area contributed by atoms with Gasteiger partial charge in [-0.2, -0.15) is 5.10 Å². The molecular weight excluding hydrogens is 258 g/mol. The molecule has 1 unspecified atom stereocenters. The van der Waals surface area contributed by atoms with Crippen molar-refractivity contribution in [2.45, 2.75) is 26.3 Å². The lowest BCUT2D eigenvalue weighted by Gasteiger charge is -2.27. The number of benzene rings is 1. The Morgan fingerprint density at radius 1 is 1.45 bits per heavy atom. The SMILES string of the molecule is CCN(C(=O)c1ccc2[nH]ncc2c1)C(C)CC(=O)O. The molecule has 0 aliphatic carbocycles. The predicted molar refractivity (Wildman–Crippen MR) is 74.5 cm³/mol. The number of carbonyl (C=O) groups excluding carboxylic acids is 1. The minimum absolute atomic E-state index is 0.0620. The quantitative estimate of drug-likeness (QED) is 0.872. The van der Waals surface area contributed by atoms with Crippen LogP contribution in [0.15, 0.2) is 24.4 Å². The number of aromatic amines is 1. The molecule has 0 aliphatic rings. The minimum atomic E-state index is -0.908. The summed E-state index contributed by atoms with van der Waals surface area (Å²) in [5, 5.41) is 16.4. The standard InChI is InChI=1S/C14H17N3O3/c1-3-17(9(2)6-13(18)19)14(20)10-4-5-12-11(7-10)8-15-16-12/h4-5,7-9H,3,6H2,1-2H3,(H,15,16)(H,18,19). The lowest BCUT2D eigenvalue weighted by Crippen LogP contribution is -2.39. The highest BCUT2D eigenvalue weighted by molar-refractivity contribution is 5.98. The van der Waals surface area contributed by atoms with Crippen LogP contribution in [-0.2, 0) is 4.79 Å². The van der Waals surface area contributed by atoms with Crippen molar-refractivity contribution in [1.82, 2.24) is 15.1 Å². The van der Waals surface area contributed by atoms with Gasteiger partial charge in [0, 0.05) is 23.5 Å². The van der Waals surface area contributed by atoms with E-state index in [1.165, 1.54) is 0 Å². The Balaban J connectivity index is 2.24. The van der Waals surface area contributed by atoms with Gasteiger partial charge in [-0.15, -0.1) is 0 Å². The first-order chi connectivity index (χ1) is 9.52. The number of amides is 1. The van der Waals surface area contributed by atoms with E-state index in [1.807, 2.05) is 6.92 Å². The van der Waals surface area contributed by atoms with Crippen LogP contribution >= 0.6 is 0 Å². The number of hydrogen-bond acceptors (Lipinski definition) is 3. The molecule has 106 valence electrons. The van der Waals surface area contributed by atoms with Gasteiger partial charge in [-0.3, -0.25) is 14.7 Å². The molecule has 0 radical (unpaired) electrons. The van der Waals surface area contributed by atoms with Gasteiger partial charge in [0.2, 0.25) is 0 Å². The molecule has 1 atom stereocenters. The summed E-state index contributed by atoms with van der Waals surface area (Å²) in [5.41, 5.74) is 1.40. The molecule has 1 aromatic carbocycles. The second-order valence-electron chi connectivity index (χ2n) is 4.71. The Hall–Kier alpha value is -2.37. The third-order valence-corrected chi connectivity index (χ3v) is 3.29. The first-order valence-corrected chi connectivity index (χ1v) is 6.48. The van der Waals surface area contributed by atoms with Crippen LogP contribution in [0.5, 0.6) is 0 Å². The number of nitrogens with zero attached hydrogens (tertiary/aromatic N) is 2. The Morgan fingerprint density at radius 2 is 2.20 bits per heavy atom. The predicted octanol–water partition coefficient (Wildman–Crippen LogP) is 1.89. The number of H-pyrrole nitrogens is 1. The molecule has 20 heavy (non-hydrogen) atoms. The summed E-state index contributed by atoms with van der Waals surface area (Å²) in [6.45, 7) is 4.05. The van der Waals surface area contributed by atoms with Gasteiger partial charge in [0.15, 0.2) is 0 Å². The highest BCUT2D eigenvalue weighted by Gasteiger charge is 2.22. The van der Waals surface area contributed by atoms with Crippen LogP contribution in [0.2, 0.25) is 0 Å². The molecule has 0 bridgehead atoms. The van der Waals surface area contributed by atoms with Gasteiger partial charge in [0.05, 0.1) is 18.1 Å². The molecule has 0 saturated carbocycles. The van der Waals surface area contributed by atoms with E-state index < -0.39 is 5.97 Å². The summed E-state index contributed by atoms with van der Waals surface area (Å²) in [7, 11) is 0. The summed E-state index contributed by atoms with van der Waals surface area (Å²) in [6, 6.07) is 4.94. The number of aliphatic carboxylic acids is 1. The highest BCUT2D eigenvalue weighted by atomic mass is 16.4. The Bertz CT molecular complexity index is 635.